The highest BCUT2D eigenvalue weighted by Gasteiger charge is 2.61. The number of rotatable bonds is 2. The van der Waals surface area contributed by atoms with E-state index in [1.54, 1.807) is 12.1 Å². The Hall–Kier alpha value is -0.920. The Morgan fingerprint density at radius 2 is 2.06 bits per heavy atom. The standard InChI is InChI=1S/C14H13BrFNO/c15-10-2-3-12(16)11(6-10)14(8-18-9-14)13(7-17)4-1-5-13/h2-3,6H,1,4-5,8-9H2. The molecule has 3 rings (SSSR count). The predicted molar refractivity (Wildman–Crippen MR) is 68.5 cm³/mol. The molecule has 0 spiro atoms. The van der Waals surface area contributed by atoms with Gasteiger partial charge in [0.05, 0.1) is 30.1 Å². The Morgan fingerprint density at radius 1 is 1.33 bits per heavy atom. The van der Waals surface area contributed by atoms with Crippen LogP contribution in [0.3, 0.4) is 0 Å². The summed E-state index contributed by atoms with van der Waals surface area (Å²) in [5, 5.41) is 9.52. The van der Waals surface area contributed by atoms with Gasteiger partial charge in [0.2, 0.25) is 0 Å². The molecule has 4 heteroatoms. The van der Waals surface area contributed by atoms with E-state index in [1.807, 2.05) is 0 Å². The molecule has 0 bridgehead atoms. The molecule has 1 aromatic carbocycles. The maximum absolute atomic E-state index is 14.1. The summed E-state index contributed by atoms with van der Waals surface area (Å²) in [7, 11) is 0. The van der Waals surface area contributed by atoms with Crippen LogP contribution in [0.2, 0.25) is 0 Å². The number of nitriles is 1. The van der Waals surface area contributed by atoms with Crippen molar-refractivity contribution in [3.63, 3.8) is 0 Å². The van der Waals surface area contributed by atoms with Gasteiger partial charge in [-0.1, -0.05) is 22.4 Å². The van der Waals surface area contributed by atoms with Crippen LogP contribution in [0.4, 0.5) is 4.39 Å². The van der Waals surface area contributed by atoms with Gasteiger partial charge in [0.1, 0.15) is 5.82 Å². The molecule has 0 unspecified atom stereocenters. The quantitative estimate of drug-likeness (QED) is 0.837. The number of nitrogens with zero attached hydrogens (tertiary/aromatic N) is 1. The Balaban J connectivity index is 2.12. The third-order valence-electron chi connectivity index (χ3n) is 4.48. The minimum atomic E-state index is -0.451. The summed E-state index contributed by atoms with van der Waals surface area (Å²) in [6.07, 6.45) is 2.74. The van der Waals surface area contributed by atoms with Gasteiger partial charge >= 0.3 is 0 Å². The van der Waals surface area contributed by atoms with Crippen LogP contribution >= 0.6 is 15.9 Å². The van der Waals surface area contributed by atoms with E-state index in [9.17, 15) is 9.65 Å². The molecule has 1 heterocycles. The van der Waals surface area contributed by atoms with Crippen molar-refractivity contribution in [1.82, 2.24) is 0 Å². The zero-order valence-electron chi connectivity index (χ0n) is 9.88. The van der Waals surface area contributed by atoms with E-state index in [2.05, 4.69) is 22.0 Å². The molecule has 0 aromatic heterocycles. The second kappa shape index (κ2) is 4.04. The Bertz CT molecular complexity index is 529. The van der Waals surface area contributed by atoms with Crippen LogP contribution < -0.4 is 0 Å². The van der Waals surface area contributed by atoms with Crippen molar-refractivity contribution in [2.75, 3.05) is 13.2 Å². The molecule has 0 radical (unpaired) electrons. The highest BCUT2D eigenvalue weighted by Crippen LogP contribution is 2.58. The molecular weight excluding hydrogens is 297 g/mol. The van der Waals surface area contributed by atoms with E-state index in [-0.39, 0.29) is 5.82 Å². The van der Waals surface area contributed by atoms with Crippen LogP contribution in [-0.4, -0.2) is 13.2 Å². The monoisotopic (exact) mass is 309 g/mol. The minimum Gasteiger partial charge on any atom is -0.379 e. The van der Waals surface area contributed by atoms with Gasteiger partial charge in [0, 0.05) is 10.0 Å². The van der Waals surface area contributed by atoms with Gasteiger partial charge in [-0.3, -0.25) is 0 Å². The largest absolute Gasteiger partial charge is 0.379 e. The summed E-state index contributed by atoms with van der Waals surface area (Å²) in [6, 6.07) is 7.39. The Kier molecular flexibility index (Phi) is 2.72. The lowest BCUT2D eigenvalue weighted by Crippen LogP contribution is -2.61. The third-order valence-corrected chi connectivity index (χ3v) is 4.97. The van der Waals surface area contributed by atoms with Gasteiger partial charge in [0.15, 0.2) is 0 Å². The highest BCUT2D eigenvalue weighted by molar-refractivity contribution is 9.10. The fourth-order valence-corrected chi connectivity index (χ4v) is 3.45. The van der Waals surface area contributed by atoms with Crippen molar-refractivity contribution >= 4 is 15.9 Å². The molecule has 0 N–H and O–H groups in total. The highest BCUT2D eigenvalue weighted by atomic mass is 79.9. The molecule has 2 nitrogen and oxygen atoms in total. The van der Waals surface area contributed by atoms with Crippen LogP contribution in [-0.2, 0) is 10.2 Å². The van der Waals surface area contributed by atoms with Crippen molar-refractivity contribution in [1.29, 1.82) is 5.26 Å². The maximum atomic E-state index is 14.1. The molecule has 2 fully saturated rings. The van der Waals surface area contributed by atoms with Gasteiger partial charge in [-0.2, -0.15) is 5.26 Å². The van der Waals surface area contributed by atoms with Gasteiger partial charge in [-0.15, -0.1) is 0 Å². The molecule has 94 valence electrons. The summed E-state index contributed by atoms with van der Waals surface area (Å²) in [6.45, 7) is 0.905. The molecule has 1 aliphatic heterocycles. The van der Waals surface area contributed by atoms with E-state index in [1.165, 1.54) is 6.07 Å². The molecule has 1 aromatic rings. The summed E-state index contributed by atoms with van der Waals surface area (Å²) in [4.78, 5) is 0. The van der Waals surface area contributed by atoms with Crippen LogP contribution in [0.25, 0.3) is 0 Å². The van der Waals surface area contributed by atoms with E-state index in [0.29, 0.717) is 18.8 Å². The molecule has 1 saturated carbocycles. The molecule has 18 heavy (non-hydrogen) atoms. The van der Waals surface area contributed by atoms with E-state index < -0.39 is 10.8 Å². The summed E-state index contributed by atoms with van der Waals surface area (Å²) < 4.78 is 20.3. The van der Waals surface area contributed by atoms with E-state index in [0.717, 1.165) is 23.7 Å². The second-order valence-electron chi connectivity index (χ2n) is 5.25. The SMILES string of the molecule is N#CC1(C2(c3cc(Br)ccc3F)COC2)CCC1. The van der Waals surface area contributed by atoms with Crippen molar-refractivity contribution in [2.45, 2.75) is 24.7 Å². The first-order valence-electron chi connectivity index (χ1n) is 6.08. The molecular formula is C14H13BrFNO. The average Bonchev–Trinajstić information content (AvgIpc) is 2.25. The molecule has 0 amide bonds. The number of halogens is 2. The number of benzene rings is 1. The second-order valence-corrected chi connectivity index (χ2v) is 6.16. The lowest BCUT2D eigenvalue weighted by molar-refractivity contribution is -0.136. The number of ether oxygens (including phenoxy) is 1. The topological polar surface area (TPSA) is 33.0 Å². The van der Waals surface area contributed by atoms with Crippen LogP contribution in [0.5, 0.6) is 0 Å². The van der Waals surface area contributed by atoms with Crippen molar-refractivity contribution in [3.8, 4) is 6.07 Å². The van der Waals surface area contributed by atoms with Gasteiger partial charge in [-0.25, -0.2) is 4.39 Å². The lowest BCUT2D eigenvalue weighted by Gasteiger charge is -2.56. The average molecular weight is 310 g/mol. The lowest BCUT2D eigenvalue weighted by atomic mass is 9.50. The summed E-state index contributed by atoms with van der Waals surface area (Å²) in [5.74, 6) is -0.233. The van der Waals surface area contributed by atoms with Crippen LogP contribution in [0.15, 0.2) is 22.7 Å². The van der Waals surface area contributed by atoms with Crippen LogP contribution in [0.1, 0.15) is 24.8 Å². The van der Waals surface area contributed by atoms with Gasteiger partial charge < -0.3 is 4.74 Å². The Labute approximate surface area is 114 Å². The first-order chi connectivity index (χ1) is 8.63. The zero-order valence-corrected chi connectivity index (χ0v) is 11.5. The predicted octanol–water partition coefficient (Wildman–Crippen LogP) is 3.55. The third kappa shape index (κ3) is 1.41. The van der Waals surface area contributed by atoms with Crippen LogP contribution in [0, 0.1) is 22.6 Å². The first kappa shape index (κ1) is 12.1. The fourth-order valence-electron chi connectivity index (χ4n) is 3.09. The fraction of sp³-hybridized carbons (Fsp3) is 0.500. The normalized spacial score (nSPS) is 23.6. The molecule has 1 saturated heterocycles. The first-order valence-corrected chi connectivity index (χ1v) is 6.87. The molecule has 2 aliphatic rings. The van der Waals surface area contributed by atoms with E-state index >= 15 is 0 Å². The van der Waals surface area contributed by atoms with E-state index in [4.69, 9.17) is 4.74 Å². The van der Waals surface area contributed by atoms with Gasteiger partial charge in [-0.05, 0) is 31.0 Å². The zero-order chi connectivity index (χ0) is 12.8. The van der Waals surface area contributed by atoms with Gasteiger partial charge in [0.25, 0.3) is 0 Å². The maximum Gasteiger partial charge on any atom is 0.127 e. The van der Waals surface area contributed by atoms with Crippen molar-refractivity contribution < 1.29 is 9.13 Å². The summed E-state index contributed by atoms with van der Waals surface area (Å²) in [5.41, 5.74) is -0.259. The smallest absolute Gasteiger partial charge is 0.127 e. The number of hydrogen-bond donors (Lipinski definition) is 0. The van der Waals surface area contributed by atoms with Crippen molar-refractivity contribution in [3.05, 3.63) is 34.1 Å². The molecule has 0 atom stereocenters. The Morgan fingerprint density at radius 3 is 2.50 bits per heavy atom. The molecule has 1 aliphatic carbocycles. The number of hydrogen-bond acceptors (Lipinski definition) is 2. The summed E-state index contributed by atoms with van der Waals surface area (Å²) >= 11 is 3.38. The van der Waals surface area contributed by atoms with Crippen molar-refractivity contribution in [2.24, 2.45) is 5.41 Å². The minimum absolute atomic E-state index is 0.233.